The van der Waals surface area contributed by atoms with Crippen molar-refractivity contribution in [3.05, 3.63) is 24.0 Å². The summed E-state index contributed by atoms with van der Waals surface area (Å²) in [7, 11) is 0. The van der Waals surface area contributed by atoms with E-state index in [9.17, 15) is 5.11 Å². The third-order valence-corrected chi connectivity index (χ3v) is 2.36. The van der Waals surface area contributed by atoms with Gasteiger partial charge in [-0.25, -0.2) is 0 Å². The maximum absolute atomic E-state index is 9.94. The zero-order valence-corrected chi connectivity index (χ0v) is 10.6. The third-order valence-electron chi connectivity index (χ3n) is 2.36. The summed E-state index contributed by atoms with van der Waals surface area (Å²) < 4.78 is 5.48. The molecule has 1 heterocycles. The monoisotopic (exact) mass is 238 g/mol. The van der Waals surface area contributed by atoms with Crippen LogP contribution in [0.5, 0.6) is 5.75 Å². The summed E-state index contributed by atoms with van der Waals surface area (Å²) in [5, 5.41) is 13.1. The molecule has 0 aliphatic heterocycles. The minimum Gasteiger partial charge on any atom is -0.492 e. The van der Waals surface area contributed by atoms with E-state index in [4.69, 9.17) is 4.74 Å². The molecule has 0 spiro atoms. The average Bonchev–Trinajstić information content (AvgIpc) is 2.37. The van der Waals surface area contributed by atoms with Crippen LogP contribution >= 0.6 is 0 Å². The van der Waals surface area contributed by atoms with E-state index >= 15 is 0 Å². The van der Waals surface area contributed by atoms with Gasteiger partial charge in [-0.1, -0.05) is 13.8 Å². The second kappa shape index (κ2) is 8.03. The standard InChI is InChI=1S/C13H22N2O2/c1-3-5-14-10-13(16)11-7-12(9-15-8-11)17-6-4-2/h7-9,13-14,16H,3-6,10H2,1-2H3. The van der Waals surface area contributed by atoms with Crippen LogP contribution in [0.3, 0.4) is 0 Å². The van der Waals surface area contributed by atoms with Crippen LogP contribution in [0.1, 0.15) is 38.4 Å². The Labute approximate surface area is 103 Å². The van der Waals surface area contributed by atoms with Crippen molar-refractivity contribution < 1.29 is 9.84 Å². The first kappa shape index (κ1) is 13.9. The Morgan fingerprint density at radius 3 is 2.88 bits per heavy atom. The Morgan fingerprint density at radius 2 is 2.18 bits per heavy atom. The number of aliphatic hydroxyl groups is 1. The summed E-state index contributed by atoms with van der Waals surface area (Å²) in [6.45, 7) is 6.29. The smallest absolute Gasteiger partial charge is 0.137 e. The highest BCUT2D eigenvalue weighted by Gasteiger charge is 2.08. The quantitative estimate of drug-likeness (QED) is 0.679. The molecule has 0 saturated carbocycles. The first-order chi connectivity index (χ1) is 8.27. The number of nitrogens with zero attached hydrogens (tertiary/aromatic N) is 1. The molecule has 1 aromatic rings. The summed E-state index contributed by atoms with van der Waals surface area (Å²) in [5.74, 6) is 0.721. The van der Waals surface area contributed by atoms with Crippen LogP contribution in [0.2, 0.25) is 0 Å². The molecule has 0 aliphatic rings. The number of rotatable bonds is 8. The topological polar surface area (TPSA) is 54.4 Å². The van der Waals surface area contributed by atoms with Crippen LogP contribution in [0.25, 0.3) is 0 Å². The highest BCUT2D eigenvalue weighted by Crippen LogP contribution is 2.17. The minimum absolute atomic E-state index is 0.528. The van der Waals surface area contributed by atoms with Crippen molar-refractivity contribution in [3.8, 4) is 5.75 Å². The van der Waals surface area contributed by atoms with Gasteiger partial charge >= 0.3 is 0 Å². The predicted molar refractivity (Wildman–Crippen MR) is 68.1 cm³/mol. The van der Waals surface area contributed by atoms with Crippen molar-refractivity contribution in [2.75, 3.05) is 19.7 Å². The molecule has 4 nitrogen and oxygen atoms in total. The lowest BCUT2D eigenvalue weighted by atomic mass is 10.1. The molecule has 17 heavy (non-hydrogen) atoms. The van der Waals surface area contributed by atoms with E-state index < -0.39 is 6.10 Å². The van der Waals surface area contributed by atoms with Gasteiger partial charge in [-0.2, -0.15) is 0 Å². The highest BCUT2D eigenvalue weighted by molar-refractivity contribution is 5.25. The molecule has 0 amide bonds. The highest BCUT2D eigenvalue weighted by atomic mass is 16.5. The fourth-order valence-electron chi connectivity index (χ4n) is 1.45. The Kier molecular flexibility index (Phi) is 6.58. The van der Waals surface area contributed by atoms with Crippen molar-refractivity contribution >= 4 is 0 Å². The van der Waals surface area contributed by atoms with Gasteiger partial charge in [0, 0.05) is 18.3 Å². The number of nitrogens with one attached hydrogen (secondary N) is 1. The molecule has 0 saturated heterocycles. The van der Waals surface area contributed by atoms with Crippen LogP contribution in [0, 0.1) is 0 Å². The van der Waals surface area contributed by atoms with Gasteiger partial charge in [0.25, 0.3) is 0 Å². The van der Waals surface area contributed by atoms with E-state index in [2.05, 4.69) is 24.1 Å². The van der Waals surface area contributed by atoms with E-state index in [-0.39, 0.29) is 0 Å². The number of aliphatic hydroxyl groups excluding tert-OH is 1. The zero-order chi connectivity index (χ0) is 12.5. The molecule has 0 radical (unpaired) electrons. The number of hydrogen-bond acceptors (Lipinski definition) is 4. The molecule has 1 unspecified atom stereocenters. The lowest BCUT2D eigenvalue weighted by Gasteiger charge is -2.12. The molecule has 0 aliphatic carbocycles. The fraction of sp³-hybridized carbons (Fsp3) is 0.615. The van der Waals surface area contributed by atoms with Crippen molar-refractivity contribution in [2.45, 2.75) is 32.8 Å². The number of pyridine rings is 1. The summed E-state index contributed by atoms with van der Waals surface area (Å²) in [5.41, 5.74) is 0.794. The third kappa shape index (κ3) is 5.15. The van der Waals surface area contributed by atoms with Gasteiger partial charge in [-0.15, -0.1) is 0 Å². The Morgan fingerprint density at radius 1 is 1.35 bits per heavy atom. The summed E-state index contributed by atoms with van der Waals surface area (Å²) >= 11 is 0. The van der Waals surface area contributed by atoms with Crippen LogP contribution < -0.4 is 10.1 Å². The van der Waals surface area contributed by atoms with Crippen LogP contribution in [-0.2, 0) is 0 Å². The SMILES string of the molecule is CCCNCC(O)c1cncc(OCCC)c1. The molecule has 1 atom stereocenters. The molecule has 2 N–H and O–H groups in total. The zero-order valence-electron chi connectivity index (χ0n) is 10.6. The first-order valence-electron chi connectivity index (χ1n) is 6.24. The molecule has 4 heteroatoms. The van der Waals surface area contributed by atoms with Crippen molar-refractivity contribution in [1.82, 2.24) is 10.3 Å². The van der Waals surface area contributed by atoms with Gasteiger partial charge in [0.2, 0.25) is 0 Å². The van der Waals surface area contributed by atoms with Crippen molar-refractivity contribution in [1.29, 1.82) is 0 Å². The Bertz CT molecular complexity index is 318. The average molecular weight is 238 g/mol. The first-order valence-corrected chi connectivity index (χ1v) is 6.24. The molecule has 0 fully saturated rings. The van der Waals surface area contributed by atoms with E-state index in [1.807, 2.05) is 6.07 Å². The van der Waals surface area contributed by atoms with Gasteiger partial charge in [-0.05, 0) is 25.5 Å². The molecular formula is C13H22N2O2. The van der Waals surface area contributed by atoms with Crippen molar-refractivity contribution in [2.24, 2.45) is 0 Å². The maximum atomic E-state index is 9.94. The second-order valence-corrected chi connectivity index (χ2v) is 4.02. The van der Waals surface area contributed by atoms with E-state index in [0.29, 0.717) is 13.2 Å². The van der Waals surface area contributed by atoms with E-state index in [1.165, 1.54) is 0 Å². The van der Waals surface area contributed by atoms with Crippen LogP contribution in [0.4, 0.5) is 0 Å². The Hall–Kier alpha value is -1.13. The molecule has 0 bridgehead atoms. The van der Waals surface area contributed by atoms with Crippen LogP contribution in [0.15, 0.2) is 18.5 Å². The lowest BCUT2D eigenvalue weighted by molar-refractivity contribution is 0.174. The number of aromatic nitrogens is 1. The summed E-state index contributed by atoms with van der Waals surface area (Å²) in [6, 6.07) is 1.85. The minimum atomic E-state index is -0.528. The number of hydrogen-bond donors (Lipinski definition) is 2. The van der Waals surface area contributed by atoms with Gasteiger partial charge in [0.15, 0.2) is 0 Å². The van der Waals surface area contributed by atoms with Gasteiger partial charge in [-0.3, -0.25) is 4.98 Å². The molecule has 96 valence electrons. The molecule has 1 aromatic heterocycles. The normalized spacial score (nSPS) is 12.4. The lowest BCUT2D eigenvalue weighted by Crippen LogP contribution is -2.22. The summed E-state index contributed by atoms with van der Waals surface area (Å²) in [6.07, 6.45) is 4.84. The molecular weight excluding hydrogens is 216 g/mol. The maximum Gasteiger partial charge on any atom is 0.137 e. The Balaban J connectivity index is 2.51. The second-order valence-electron chi connectivity index (χ2n) is 4.02. The molecule has 0 aromatic carbocycles. The van der Waals surface area contributed by atoms with Gasteiger partial charge < -0.3 is 15.2 Å². The number of ether oxygens (including phenoxy) is 1. The predicted octanol–water partition coefficient (Wildman–Crippen LogP) is 1.90. The molecule has 1 rings (SSSR count). The largest absolute Gasteiger partial charge is 0.492 e. The van der Waals surface area contributed by atoms with Crippen molar-refractivity contribution in [3.63, 3.8) is 0 Å². The van der Waals surface area contributed by atoms with Gasteiger partial charge in [0.1, 0.15) is 5.75 Å². The fourth-order valence-corrected chi connectivity index (χ4v) is 1.45. The van der Waals surface area contributed by atoms with E-state index in [1.54, 1.807) is 12.4 Å². The van der Waals surface area contributed by atoms with Crippen LogP contribution in [-0.4, -0.2) is 29.8 Å². The van der Waals surface area contributed by atoms with Gasteiger partial charge in [0.05, 0.1) is 18.9 Å². The summed E-state index contributed by atoms with van der Waals surface area (Å²) in [4.78, 5) is 4.07. The van der Waals surface area contributed by atoms with E-state index in [0.717, 1.165) is 30.7 Å².